The zero-order chi connectivity index (χ0) is 29.4. The topological polar surface area (TPSA) is 54.9 Å². The molecule has 0 fully saturated rings. The maximum Gasteiger partial charge on any atom is 0.123 e. The summed E-state index contributed by atoms with van der Waals surface area (Å²) in [4.78, 5) is 16.9. The van der Waals surface area contributed by atoms with E-state index in [-0.39, 0.29) is 17.0 Å². The Hall–Kier alpha value is -1.71. The Balaban J connectivity index is 0.000000575. The molecule has 0 saturated carbocycles. The highest BCUT2D eigenvalue weighted by molar-refractivity contribution is 7.07. The maximum atomic E-state index is 13.0. The lowest BCUT2D eigenvalue weighted by Crippen LogP contribution is -2.40. The minimum atomic E-state index is -0.280. The number of aromatic nitrogens is 1. The second-order valence-electron chi connectivity index (χ2n) is 10.6. The fourth-order valence-electron chi connectivity index (χ4n) is 4.07. The van der Waals surface area contributed by atoms with Gasteiger partial charge >= 0.3 is 0 Å². The van der Waals surface area contributed by atoms with Crippen molar-refractivity contribution < 1.29 is 18.7 Å². The summed E-state index contributed by atoms with van der Waals surface area (Å²) in [6.07, 6.45) is 1.94. The van der Waals surface area contributed by atoms with E-state index in [4.69, 9.17) is 14.3 Å². The number of hydrogen-bond acceptors (Lipinski definition) is 7. The predicted octanol–water partition coefficient (Wildman–Crippen LogP) is 6.43. The molecular formula is C30H52FN3O3S. The lowest BCUT2D eigenvalue weighted by atomic mass is 9.92. The predicted molar refractivity (Wildman–Crippen MR) is 158 cm³/mol. The highest BCUT2D eigenvalue weighted by Gasteiger charge is 2.33. The number of halogens is 1. The molecule has 3 rings (SSSR count). The van der Waals surface area contributed by atoms with Crippen LogP contribution in [0.25, 0.3) is 0 Å². The van der Waals surface area contributed by atoms with Gasteiger partial charge in [0.15, 0.2) is 0 Å². The van der Waals surface area contributed by atoms with Crippen LogP contribution in [0.15, 0.2) is 29.1 Å². The number of methoxy groups -OCH3 is 1. The Labute approximate surface area is 235 Å². The summed E-state index contributed by atoms with van der Waals surface area (Å²) in [6.45, 7) is 21.9. The Morgan fingerprint density at radius 3 is 2.32 bits per heavy atom. The van der Waals surface area contributed by atoms with Gasteiger partial charge in [0.1, 0.15) is 12.6 Å². The van der Waals surface area contributed by atoms with E-state index >= 15 is 0 Å². The van der Waals surface area contributed by atoms with Gasteiger partial charge in [-0.15, -0.1) is 11.3 Å². The number of thiazole rings is 1. The van der Waals surface area contributed by atoms with Crippen molar-refractivity contribution >= 4 is 18.1 Å². The van der Waals surface area contributed by atoms with E-state index < -0.39 is 0 Å². The third-order valence-corrected chi connectivity index (χ3v) is 7.45. The zero-order valence-corrected chi connectivity index (χ0v) is 26.3. The number of nitrogens with zero attached hydrogens (tertiary/aromatic N) is 3. The van der Waals surface area contributed by atoms with Crippen LogP contribution in [0, 0.1) is 11.7 Å². The summed E-state index contributed by atoms with van der Waals surface area (Å²) in [5.74, 6) is 0.443. The maximum absolute atomic E-state index is 13.0. The van der Waals surface area contributed by atoms with Crippen LogP contribution in [0.4, 0.5) is 4.39 Å². The second-order valence-corrected chi connectivity index (χ2v) is 11.3. The molecule has 0 radical (unpaired) electrons. The molecule has 218 valence electrons. The van der Waals surface area contributed by atoms with E-state index in [2.05, 4.69) is 75.8 Å². The molecular weight excluding hydrogens is 501 g/mol. The summed E-state index contributed by atoms with van der Waals surface area (Å²) in [7, 11) is 6.03. The molecule has 8 heteroatoms. The Morgan fingerprint density at radius 2 is 1.84 bits per heavy atom. The number of likely N-dealkylation sites (N-methyl/N-ethyl adjacent to an activating group) is 1. The fourth-order valence-corrected chi connectivity index (χ4v) is 4.64. The van der Waals surface area contributed by atoms with Crippen LogP contribution in [-0.4, -0.2) is 74.6 Å². The van der Waals surface area contributed by atoms with Gasteiger partial charge < -0.3 is 24.1 Å². The standard InChI is InChI=1S/C13H24N2OS.C11H13FO.C5H13N.CH2O/c1-11(6-12-8-17-10-14-12)7-15(4)9-13(2,3)16-5;1-3-11(2)10-6-9(12)5-4-8(10)7-13-11;1-4-6(3)5-2;1-2/h8,10-11H,6-7,9H2,1-5H3;4-6H,3,7H2,1-2H3;4-5H2,1-3H3;1H2. The van der Waals surface area contributed by atoms with Crippen LogP contribution in [-0.2, 0) is 32.9 Å². The number of hydrogen-bond donors (Lipinski definition) is 0. The number of carbonyl (C=O) groups is 1. The average molecular weight is 554 g/mol. The highest BCUT2D eigenvalue weighted by atomic mass is 32.1. The van der Waals surface area contributed by atoms with Gasteiger partial charge in [-0.1, -0.05) is 33.8 Å². The third-order valence-electron chi connectivity index (χ3n) is 6.81. The number of carbonyl (C=O) groups excluding carboxylic acids is 1. The molecule has 1 aromatic heterocycles. The molecule has 0 aliphatic carbocycles. The summed E-state index contributed by atoms with van der Waals surface area (Å²) in [5, 5.41) is 2.13. The van der Waals surface area contributed by atoms with Gasteiger partial charge in [-0.25, -0.2) is 9.37 Å². The largest absolute Gasteiger partial charge is 0.377 e. The van der Waals surface area contributed by atoms with E-state index in [1.807, 2.05) is 25.3 Å². The van der Waals surface area contributed by atoms with Gasteiger partial charge in [0.05, 0.1) is 29.0 Å². The molecule has 2 unspecified atom stereocenters. The van der Waals surface area contributed by atoms with E-state index in [9.17, 15) is 4.39 Å². The van der Waals surface area contributed by atoms with Gasteiger partial charge in [0, 0.05) is 25.6 Å². The summed E-state index contributed by atoms with van der Waals surface area (Å²) in [6, 6.07) is 4.89. The fraction of sp³-hybridized carbons (Fsp3) is 0.667. The van der Waals surface area contributed by atoms with Crippen LogP contribution < -0.4 is 0 Å². The van der Waals surface area contributed by atoms with E-state index in [1.54, 1.807) is 24.5 Å². The molecule has 0 N–H and O–H groups in total. The summed E-state index contributed by atoms with van der Waals surface area (Å²) in [5.41, 5.74) is 4.88. The molecule has 1 aromatic carbocycles. The lowest BCUT2D eigenvalue weighted by molar-refractivity contribution is -0.0980. The number of rotatable bonds is 10. The Kier molecular flexibility index (Phi) is 17.7. The Morgan fingerprint density at radius 1 is 1.21 bits per heavy atom. The van der Waals surface area contributed by atoms with Gasteiger partial charge in [-0.3, -0.25) is 0 Å². The van der Waals surface area contributed by atoms with Crippen molar-refractivity contribution in [1.82, 2.24) is 14.8 Å². The first kappa shape index (κ1) is 36.3. The quantitative estimate of drug-likeness (QED) is 0.338. The van der Waals surface area contributed by atoms with Crippen molar-refractivity contribution in [2.45, 2.75) is 79.1 Å². The van der Waals surface area contributed by atoms with Crippen LogP contribution >= 0.6 is 11.3 Å². The molecule has 2 aromatic rings. The van der Waals surface area contributed by atoms with Crippen molar-refractivity contribution in [1.29, 1.82) is 0 Å². The van der Waals surface area contributed by atoms with Gasteiger partial charge in [-0.05, 0) is 90.0 Å². The van der Waals surface area contributed by atoms with E-state index in [0.717, 1.165) is 50.1 Å². The minimum Gasteiger partial charge on any atom is -0.377 e. The molecule has 6 nitrogen and oxygen atoms in total. The first-order valence-corrected chi connectivity index (χ1v) is 14.3. The first-order chi connectivity index (χ1) is 17.9. The zero-order valence-electron chi connectivity index (χ0n) is 25.5. The molecule has 1 aliphatic heterocycles. The van der Waals surface area contributed by atoms with Crippen LogP contribution in [0.5, 0.6) is 0 Å². The number of fused-ring (bicyclic) bond motifs is 1. The van der Waals surface area contributed by atoms with Gasteiger partial charge in [-0.2, -0.15) is 0 Å². The van der Waals surface area contributed by atoms with Gasteiger partial charge in [0.2, 0.25) is 0 Å². The highest BCUT2D eigenvalue weighted by Crippen LogP contribution is 2.38. The SMILES string of the molecule is C=O.CCC1(C)OCc2ccc(F)cc21.CCN(C)CC.COC(C)(C)CN(C)CC(C)Cc1cscn1. The van der Waals surface area contributed by atoms with E-state index in [0.29, 0.717) is 12.5 Å². The molecule has 0 amide bonds. The van der Waals surface area contributed by atoms with Crippen LogP contribution in [0.3, 0.4) is 0 Å². The second kappa shape index (κ2) is 18.6. The van der Waals surface area contributed by atoms with Gasteiger partial charge in [0.25, 0.3) is 0 Å². The van der Waals surface area contributed by atoms with Crippen molar-refractivity contribution in [3.05, 3.63) is 51.7 Å². The van der Waals surface area contributed by atoms with Crippen molar-refractivity contribution in [2.24, 2.45) is 5.92 Å². The molecule has 0 bridgehead atoms. The van der Waals surface area contributed by atoms with Crippen molar-refractivity contribution in [2.75, 3.05) is 47.4 Å². The summed E-state index contributed by atoms with van der Waals surface area (Å²) < 4.78 is 24.1. The first-order valence-electron chi connectivity index (χ1n) is 13.4. The van der Waals surface area contributed by atoms with Crippen LogP contribution in [0.1, 0.15) is 71.7 Å². The smallest absolute Gasteiger partial charge is 0.123 e. The molecule has 0 spiro atoms. The molecule has 0 saturated heterocycles. The van der Waals surface area contributed by atoms with Crippen LogP contribution in [0.2, 0.25) is 0 Å². The number of ether oxygens (including phenoxy) is 2. The Bertz CT molecular complexity index is 878. The normalized spacial score (nSPS) is 17.0. The van der Waals surface area contributed by atoms with Crippen molar-refractivity contribution in [3.63, 3.8) is 0 Å². The van der Waals surface area contributed by atoms with Crippen molar-refractivity contribution in [3.8, 4) is 0 Å². The molecule has 1 aliphatic rings. The molecule has 38 heavy (non-hydrogen) atoms. The third kappa shape index (κ3) is 13.4. The summed E-state index contributed by atoms with van der Waals surface area (Å²) >= 11 is 1.67. The average Bonchev–Trinajstić information content (AvgIpc) is 3.53. The lowest BCUT2D eigenvalue weighted by Gasteiger charge is -2.30. The monoisotopic (exact) mass is 553 g/mol. The molecule has 2 heterocycles. The van der Waals surface area contributed by atoms with E-state index in [1.165, 1.54) is 11.8 Å². The molecule has 2 atom stereocenters. The minimum absolute atomic E-state index is 0.0743. The number of benzene rings is 1.